The molecule has 0 aromatic heterocycles. The summed E-state index contributed by atoms with van der Waals surface area (Å²) in [4.78, 5) is 10.7. The predicted molar refractivity (Wildman–Crippen MR) is 52.5 cm³/mol. The normalized spacial score (nSPS) is 9.53. The summed E-state index contributed by atoms with van der Waals surface area (Å²) < 4.78 is 14.7. The highest BCUT2D eigenvalue weighted by atomic mass is 16.5. The molecule has 1 aromatic rings. The second-order valence-electron chi connectivity index (χ2n) is 2.77. The molecular formula is C10H12O5. The van der Waals surface area contributed by atoms with Crippen molar-refractivity contribution in [1.82, 2.24) is 0 Å². The van der Waals surface area contributed by atoms with E-state index in [0.717, 1.165) is 0 Å². The maximum absolute atomic E-state index is 10.7. The van der Waals surface area contributed by atoms with Crippen LogP contribution in [0, 0.1) is 0 Å². The van der Waals surface area contributed by atoms with Gasteiger partial charge in [0.2, 0.25) is 0 Å². The van der Waals surface area contributed by atoms with Crippen LogP contribution in [0.3, 0.4) is 0 Å². The standard InChI is InChI=1S/C10H12O5/c1-6(11)15-8-5-10(14-3)9(13-2)4-7(8)12/h4-5,12H,1-3H3. The summed E-state index contributed by atoms with van der Waals surface area (Å²) in [5.41, 5.74) is 0. The molecule has 0 aliphatic rings. The predicted octanol–water partition coefficient (Wildman–Crippen LogP) is 1.33. The number of carbonyl (C=O) groups is 1. The Kier molecular flexibility index (Phi) is 3.38. The van der Waals surface area contributed by atoms with Crippen molar-refractivity contribution in [2.45, 2.75) is 6.92 Å². The van der Waals surface area contributed by atoms with Crippen LogP contribution in [0.1, 0.15) is 6.92 Å². The van der Waals surface area contributed by atoms with Crippen LogP contribution in [0.4, 0.5) is 0 Å². The first kappa shape index (κ1) is 11.2. The van der Waals surface area contributed by atoms with Crippen molar-refractivity contribution in [3.8, 4) is 23.0 Å². The molecule has 0 unspecified atom stereocenters. The largest absolute Gasteiger partial charge is 0.504 e. The Labute approximate surface area is 87.2 Å². The number of aromatic hydroxyl groups is 1. The monoisotopic (exact) mass is 212 g/mol. The Balaban J connectivity index is 3.13. The number of phenols is 1. The number of ether oxygens (including phenoxy) is 3. The Hall–Kier alpha value is -1.91. The highest BCUT2D eigenvalue weighted by molar-refractivity contribution is 5.71. The molecule has 5 nitrogen and oxygen atoms in total. The summed E-state index contributed by atoms with van der Waals surface area (Å²) in [5, 5.41) is 9.48. The van der Waals surface area contributed by atoms with Gasteiger partial charge >= 0.3 is 5.97 Å². The van der Waals surface area contributed by atoms with Crippen molar-refractivity contribution < 1.29 is 24.1 Å². The summed E-state index contributed by atoms with van der Waals surface area (Å²) in [6.07, 6.45) is 0. The molecule has 0 saturated heterocycles. The molecule has 0 bridgehead atoms. The molecule has 1 aromatic carbocycles. The Morgan fingerprint density at radius 1 is 1.13 bits per heavy atom. The fraction of sp³-hybridized carbons (Fsp3) is 0.300. The maximum atomic E-state index is 10.7. The van der Waals surface area contributed by atoms with Crippen LogP contribution >= 0.6 is 0 Å². The molecule has 0 saturated carbocycles. The average Bonchev–Trinajstić information content (AvgIpc) is 2.19. The summed E-state index contributed by atoms with van der Waals surface area (Å²) in [6.45, 7) is 1.25. The van der Waals surface area contributed by atoms with Gasteiger partial charge in [-0.3, -0.25) is 4.79 Å². The van der Waals surface area contributed by atoms with Crippen molar-refractivity contribution in [1.29, 1.82) is 0 Å². The summed E-state index contributed by atoms with van der Waals surface area (Å²) in [6, 6.07) is 2.70. The topological polar surface area (TPSA) is 65.0 Å². The van der Waals surface area contributed by atoms with Gasteiger partial charge in [0.05, 0.1) is 14.2 Å². The summed E-state index contributed by atoms with van der Waals surface area (Å²) in [5.74, 6) is 0.0953. The van der Waals surface area contributed by atoms with Crippen LogP contribution in [0.2, 0.25) is 0 Å². The van der Waals surface area contributed by atoms with Gasteiger partial charge in [-0.1, -0.05) is 0 Å². The number of carbonyl (C=O) groups excluding carboxylic acids is 1. The van der Waals surface area contributed by atoms with Gasteiger partial charge in [0.15, 0.2) is 23.0 Å². The molecule has 82 valence electrons. The van der Waals surface area contributed by atoms with Gasteiger partial charge in [0, 0.05) is 19.1 Å². The minimum absolute atomic E-state index is 0.0418. The lowest BCUT2D eigenvalue weighted by atomic mass is 10.2. The zero-order valence-electron chi connectivity index (χ0n) is 8.73. The van der Waals surface area contributed by atoms with Gasteiger partial charge in [-0.25, -0.2) is 0 Å². The Morgan fingerprint density at radius 3 is 2.13 bits per heavy atom. The lowest BCUT2D eigenvalue weighted by molar-refractivity contribution is -0.132. The first-order valence-electron chi connectivity index (χ1n) is 4.22. The minimum Gasteiger partial charge on any atom is -0.504 e. The highest BCUT2D eigenvalue weighted by Gasteiger charge is 2.12. The van der Waals surface area contributed by atoms with E-state index in [1.165, 1.54) is 33.3 Å². The van der Waals surface area contributed by atoms with E-state index in [9.17, 15) is 9.90 Å². The molecule has 0 fully saturated rings. The van der Waals surface area contributed by atoms with E-state index in [2.05, 4.69) is 0 Å². The lowest BCUT2D eigenvalue weighted by Crippen LogP contribution is -2.02. The molecule has 0 radical (unpaired) electrons. The quantitative estimate of drug-likeness (QED) is 0.605. The molecule has 0 heterocycles. The van der Waals surface area contributed by atoms with E-state index in [1.807, 2.05) is 0 Å². The molecule has 5 heteroatoms. The smallest absolute Gasteiger partial charge is 0.308 e. The third-order valence-electron chi connectivity index (χ3n) is 1.72. The van der Waals surface area contributed by atoms with Crippen LogP contribution in [0.5, 0.6) is 23.0 Å². The summed E-state index contributed by atoms with van der Waals surface area (Å²) in [7, 11) is 2.90. The molecule has 0 atom stereocenters. The molecule has 1 N–H and O–H groups in total. The molecule has 15 heavy (non-hydrogen) atoms. The van der Waals surface area contributed by atoms with Gasteiger partial charge in [0.25, 0.3) is 0 Å². The number of phenolic OH excluding ortho intramolecular Hbond substituents is 1. The number of esters is 1. The van der Waals surface area contributed by atoms with Crippen molar-refractivity contribution in [2.75, 3.05) is 14.2 Å². The van der Waals surface area contributed by atoms with E-state index in [4.69, 9.17) is 14.2 Å². The molecule has 0 spiro atoms. The van der Waals surface area contributed by atoms with E-state index < -0.39 is 5.97 Å². The fourth-order valence-corrected chi connectivity index (χ4v) is 1.09. The molecule has 0 amide bonds. The van der Waals surface area contributed by atoms with Gasteiger partial charge < -0.3 is 19.3 Å². The van der Waals surface area contributed by atoms with Gasteiger partial charge in [-0.2, -0.15) is 0 Å². The SMILES string of the molecule is COc1cc(O)c(OC(C)=O)cc1OC. The van der Waals surface area contributed by atoms with Crippen LogP contribution in [-0.2, 0) is 4.79 Å². The fourth-order valence-electron chi connectivity index (χ4n) is 1.09. The third kappa shape index (κ3) is 2.52. The second-order valence-corrected chi connectivity index (χ2v) is 2.77. The van der Waals surface area contributed by atoms with Crippen molar-refractivity contribution >= 4 is 5.97 Å². The second kappa shape index (κ2) is 4.54. The number of hydrogen-bond acceptors (Lipinski definition) is 5. The van der Waals surface area contributed by atoms with Crippen LogP contribution in [-0.4, -0.2) is 25.3 Å². The molecule has 0 aliphatic carbocycles. The summed E-state index contributed by atoms with van der Waals surface area (Å²) >= 11 is 0. The first-order valence-corrected chi connectivity index (χ1v) is 4.22. The number of methoxy groups -OCH3 is 2. The number of hydrogen-bond donors (Lipinski definition) is 1. The van der Waals surface area contributed by atoms with Crippen LogP contribution in [0.15, 0.2) is 12.1 Å². The van der Waals surface area contributed by atoms with Crippen molar-refractivity contribution in [3.63, 3.8) is 0 Å². The van der Waals surface area contributed by atoms with E-state index >= 15 is 0 Å². The number of rotatable bonds is 3. The van der Waals surface area contributed by atoms with Crippen LogP contribution < -0.4 is 14.2 Å². The Bertz CT molecular complexity index is 372. The van der Waals surface area contributed by atoms with Gasteiger partial charge in [-0.15, -0.1) is 0 Å². The molecular weight excluding hydrogens is 200 g/mol. The first-order chi connectivity index (χ1) is 7.08. The average molecular weight is 212 g/mol. The van der Waals surface area contributed by atoms with E-state index in [0.29, 0.717) is 11.5 Å². The zero-order chi connectivity index (χ0) is 11.4. The minimum atomic E-state index is -0.516. The lowest BCUT2D eigenvalue weighted by Gasteiger charge is -2.10. The van der Waals surface area contributed by atoms with Crippen molar-refractivity contribution in [3.05, 3.63) is 12.1 Å². The maximum Gasteiger partial charge on any atom is 0.308 e. The van der Waals surface area contributed by atoms with Crippen LogP contribution in [0.25, 0.3) is 0 Å². The molecule has 0 aliphatic heterocycles. The highest BCUT2D eigenvalue weighted by Crippen LogP contribution is 2.38. The van der Waals surface area contributed by atoms with Gasteiger partial charge in [0.1, 0.15) is 0 Å². The van der Waals surface area contributed by atoms with Crippen molar-refractivity contribution in [2.24, 2.45) is 0 Å². The number of benzene rings is 1. The van der Waals surface area contributed by atoms with Gasteiger partial charge in [-0.05, 0) is 0 Å². The van der Waals surface area contributed by atoms with E-state index in [-0.39, 0.29) is 11.5 Å². The Morgan fingerprint density at radius 2 is 1.67 bits per heavy atom. The zero-order valence-corrected chi connectivity index (χ0v) is 8.73. The third-order valence-corrected chi connectivity index (χ3v) is 1.72. The van der Waals surface area contributed by atoms with E-state index in [1.54, 1.807) is 0 Å². The molecule has 1 rings (SSSR count).